The molecule has 0 atom stereocenters. The molecule has 0 unspecified atom stereocenters. The van der Waals surface area contributed by atoms with Gasteiger partial charge in [0.2, 0.25) is 5.89 Å². The Bertz CT molecular complexity index is 565. The second-order valence-electron chi connectivity index (χ2n) is 3.49. The van der Waals surface area contributed by atoms with Crippen molar-refractivity contribution >= 4 is 21.9 Å². The zero-order valence-corrected chi connectivity index (χ0v) is 10.6. The fourth-order valence-electron chi connectivity index (χ4n) is 1.37. The van der Waals surface area contributed by atoms with Crippen LogP contribution in [0.3, 0.4) is 0 Å². The lowest BCUT2D eigenvalue weighted by molar-refractivity contribution is -0.137. The van der Waals surface area contributed by atoms with Crippen molar-refractivity contribution < 1.29 is 18.7 Å². The molecule has 5 nitrogen and oxygen atoms in total. The van der Waals surface area contributed by atoms with Crippen LogP contribution in [-0.4, -0.2) is 21.3 Å². The molecule has 18 heavy (non-hydrogen) atoms. The first kappa shape index (κ1) is 12.7. The topological polar surface area (TPSA) is 76.2 Å². The van der Waals surface area contributed by atoms with Gasteiger partial charge in [0.1, 0.15) is 5.82 Å². The first-order valence-corrected chi connectivity index (χ1v) is 5.86. The maximum atomic E-state index is 13.6. The Hall–Kier alpha value is -1.76. The number of aromatic nitrogens is 2. The lowest BCUT2D eigenvalue weighted by Gasteiger charge is -1.99. The van der Waals surface area contributed by atoms with Crippen molar-refractivity contribution in [1.29, 1.82) is 0 Å². The number of carboxylic acids is 1. The van der Waals surface area contributed by atoms with Crippen LogP contribution in [0.15, 0.2) is 27.1 Å². The number of hydrogen-bond acceptors (Lipinski definition) is 4. The molecule has 0 radical (unpaired) electrons. The number of halogens is 2. The molecule has 1 N–H and O–H groups in total. The van der Waals surface area contributed by atoms with Gasteiger partial charge in [-0.1, -0.05) is 6.07 Å². The van der Waals surface area contributed by atoms with Crippen LogP contribution < -0.4 is 0 Å². The molecule has 0 saturated carbocycles. The Balaban J connectivity index is 2.27. The van der Waals surface area contributed by atoms with Gasteiger partial charge in [0.05, 0.1) is 12.0 Å². The van der Waals surface area contributed by atoms with Gasteiger partial charge < -0.3 is 9.52 Å². The van der Waals surface area contributed by atoms with E-state index >= 15 is 0 Å². The van der Waals surface area contributed by atoms with Crippen LogP contribution in [0.2, 0.25) is 0 Å². The van der Waals surface area contributed by atoms with E-state index < -0.39 is 11.8 Å². The Morgan fingerprint density at radius 2 is 2.22 bits per heavy atom. The Kier molecular flexibility index (Phi) is 3.71. The third-order valence-corrected chi connectivity index (χ3v) is 2.86. The maximum Gasteiger partial charge on any atom is 0.303 e. The zero-order chi connectivity index (χ0) is 13.1. The van der Waals surface area contributed by atoms with E-state index in [1.54, 1.807) is 12.1 Å². The molecule has 7 heteroatoms. The minimum absolute atomic E-state index is 0.0281. The number of benzene rings is 1. The second-order valence-corrected chi connectivity index (χ2v) is 4.35. The number of carbonyl (C=O) groups is 1. The van der Waals surface area contributed by atoms with Crippen LogP contribution in [0.5, 0.6) is 0 Å². The van der Waals surface area contributed by atoms with E-state index in [2.05, 4.69) is 26.1 Å². The molecule has 0 aliphatic rings. The van der Waals surface area contributed by atoms with Crippen LogP contribution in [0, 0.1) is 5.82 Å². The zero-order valence-electron chi connectivity index (χ0n) is 9.06. The van der Waals surface area contributed by atoms with Gasteiger partial charge in [-0.15, -0.1) is 10.2 Å². The summed E-state index contributed by atoms with van der Waals surface area (Å²) >= 11 is 3.19. The first-order valence-electron chi connectivity index (χ1n) is 5.06. The highest BCUT2D eigenvalue weighted by atomic mass is 79.9. The summed E-state index contributed by atoms with van der Waals surface area (Å²) in [4.78, 5) is 10.4. The Labute approximate surface area is 110 Å². The molecule has 94 valence electrons. The highest BCUT2D eigenvalue weighted by Gasteiger charge is 2.16. The van der Waals surface area contributed by atoms with Gasteiger partial charge in [-0.05, 0) is 28.1 Å². The number of nitrogens with zero attached hydrogens (tertiary/aromatic N) is 2. The number of aliphatic carboxylic acids is 1. The number of carboxylic acid groups (broad SMARTS) is 1. The van der Waals surface area contributed by atoms with E-state index in [0.29, 0.717) is 4.47 Å². The van der Waals surface area contributed by atoms with E-state index in [-0.39, 0.29) is 30.2 Å². The normalized spacial score (nSPS) is 10.6. The van der Waals surface area contributed by atoms with Crippen LogP contribution in [0.1, 0.15) is 12.3 Å². The average Bonchev–Trinajstić information content (AvgIpc) is 2.75. The van der Waals surface area contributed by atoms with Gasteiger partial charge in [0.15, 0.2) is 0 Å². The summed E-state index contributed by atoms with van der Waals surface area (Å²) in [6.07, 6.45) is 0.00841. The molecule has 0 spiro atoms. The van der Waals surface area contributed by atoms with Crippen molar-refractivity contribution in [1.82, 2.24) is 10.2 Å². The summed E-state index contributed by atoms with van der Waals surface area (Å²) in [5.74, 6) is -1.25. The summed E-state index contributed by atoms with van der Waals surface area (Å²) in [6.45, 7) is 0. The summed E-state index contributed by atoms with van der Waals surface area (Å²) in [6, 6.07) is 4.48. The van der Waals surface area contributed by atoms with Crippen molar-refractivity contribution in [2.45, 2.75) is 12.8 Å². The molecule has 1 aromatic carbocycles. The quantitative estimate of drug-likeness (QED) is 0.938. The number of hydrogen-bond donors (Lipinski definition) is 1. The monoisotopic (exact) mass is 314 g/mol. The minimum atomic E-state index is -0.957. The van der Waals surface area contributed by atoms with Crippen LogP contribution in [0.4, 0.5) is 4.39 Å². The third kappa shape index (κ3) is 2.73. The van der Waals surface area contributed by atoms with Crippen molar-refractivity contribution in [2.24, 2.45) is 0 Å². The van der Waals surface area contributed by atoms with Gasteiger partial charge >= 0.3 is 5.97 Å². The van der Waals surface area contributed by atoms with E-state index in [9.17, 15) is 9.18 Å². The molecule has 0 saturated heterocycles. The summed E-state index contributed by atoms with van der Waals surface area (Å²) < 4.78 is 19.3. The predicted molar refractivity (Wildman–Crippen MR) is 63.3 cm³/mol. The molecule has 0 amide bonds. The maximum absolute atomic E-state index is 13.6. The molecule has 0 bridgehead atoms. The van der Waals surface area contributed by atoms with Crippen LogP contribution >= 0.6 is 15.9 Å². The van der Waals surface area contributed by atoms with Crippen molar-refractivity contribution in [2.75, 3.05) is 0 Å². The van der Waals surface area contributed by atoms with Crippen LogP contribution in [0.25, 0.3) is 11.5 Å². The van der Waals surface area contributed by atoms with Gasteiger partial charge in [-0.25, -0.2) is 4.39 Å². The molecule has 1 heterocycles. The molecular weight excluding hydrogens is 307 g/mol. The smallest absolute Gasteiger partial charge is 0.303 e. The number of aryl methyl sites for hydroxylation is 1. The Morgan fingerprint density at radius 1 is 1.44 bits per heavy atom. The van der Waals surface area contributed by atoms with Gasteiger partial charge in [-0.3, -0.25) is 4.79 Å². The lowest BCUT2D eigenvalue weighted by atomic mass is 10.2. The van der Waals surface area contributed by atoms with E-state index in [0.717, 1.165) is 0 Å². The molecule has 1 aromatic heterocycles. The average molecular weight is 315 g/mol. The van der Waals surface area contributed by atoms with Gasteiger partial charge in [0.25, 0.3) is 5.89 Å². The summed E-state index contributed by atoms with van der Waals surface area (Å²) in [5.41, 5.74) is 0.173. The summed E-state index contributed by atoms with van der Waals surface area (Å²) in [7, 11) is 0. The SMILES string of the molecule is O=C(O)CCc1nnc(-c2c(F)cccc2Br)o1. The molecule has 0 fully saturated rings. The molecule has 0 aliphatic heterocycles. The largest absolute Gasteiger partial charge is 0.481 e. The fraction of sp³-hybridized carbons (Fsp3) is 0.182. The third-order valence-electron chi connectivity index (χ3n) is 2.20. The van der Waals surface area contributed by atoms with Gasteiger partial charge in [-0.2, -0.15) is 0 Å². The van der Waals surface area contributed by atoms with Gasteiger partial charge in [0, 0.05) is 10.9 Å². The van der Waals surface area contributed by atoms with E-state index in [1.165, 1.54) is 6.07 Å². The second kappa shape index (κ2) is 5.26. The van der Waals surface area contributed by atoms with Crippen molar-refractivity contribution in [3.05, 3.63) is 34.4 Å². The molecular formula is C11H8BrFN2O3. The van der Waals surface area contributed by atoms with Crippen molar-refractivity contribution in [3.8, 4) is 11.5 Å². The fourth-order valence-corrected chi connectivity index (χ4v) is 1.88. The van der Waals surface area contributed by atoms with E-state index in [4.69, 9.17) is 9.52 Å². The standard InChI is InChI=1S/C11H8BrFN2O3/c12-6-2-1-3-7(13)10(6)11-15-14-8(18-11)4-5-9(16)17/h1-3H,4-5H2,(H,16,17). The summed E-state index contributed by atoms with van der Waals surface area (Å²) in [5, 5.41) is 15.9. The highest BCUT2D eigenvalue weighted by Crippen LogP contribution is 2.29. The number of rotatable bonds is 4. The molecule has 2 rings (SSSR count). The first-order chi connectivity index (χ1) is 8.58. The molecule has 0 aliphatic carbocycles. The van der Waals surface area contributed by atoms with E-state index in [1.807, 2.05) is 0 Å². The van der Waals surface area contributed by atoms with Crippen molar-refractivity contribution in [3.63, 3.8) is 0 Å². The minimum Gasteiger partial charge on any atom is -0.481 e. The Morgan fingerprint density at radius 3 is 2.89 bits per heavy atom. The molecule has 2 aromatic rings. The van der Waals surface area contributed by atoms with Crippen LogP contribution in [-0.2, 0) is 11.2 Å². The highest BCUT2D eigenvalue weighted by molar-refractivity contribution is 9.10. The predicted octanol–water partition coefficient (Wildman–Crippen LogP) is 2.66. The lowest BCUT2D eigenvalue weighted by Crippen LogP contribution is -1.97.